The Bertz CT molecular complexity index is 512. The minimum Gasteiger partial charge on any atom is -0.394 e. The van der Waals surface area contributed by atoms with Gasteiger partial charge in [0.1, 0.15) is 0 Å². The lowest BCUT2D eigenvalue weighted by Crippen LogP contribution is -2.37. The van der Waals surface area contributed by atoms with Gasteiger partial charge in [-0.1, -0.05) is 0 Å². The van der Waals surface area contributed by atoms with Crippen LogP contribution in [0, 0.1) is 0 Å². The summed E-state index contributed by atoms with van der Waals surface area (Å²) in [7, 11) is 0. The van der Waals surface area contributed by atoms with Crippen molar-refractivity contribution in [3.63, 3.8) is 0 Å². The van der Waals surface area contributed by atoms with Crippen LogP contribution >= 0.6 is 0 Å². The predicted molar refractivity (Wildman–Crippen MR) is 65.9 cm³/mol. The van der Waals surface area contributed by atoms with Crippen molar-refractivity contribution >= 4 is 5.95 Å². The molecule has 0 amide bonds. The van der Waals surface area contributed by atoms with Crippen molar-refractivity contribution in [2.45, 2.75) is 25.6 Å². The SMILES string of the molecule is OC[C@H]1CCn2nccc2CN1c1ncccn1. The predicted octanol–water partition coefficient (Wildman–Crippen LogP) is 0.444. The molecule has 3 rings (SSSR count). The van der Waals surface area contributed by atoms with Gasteiger partial charge in [0, 0.05) is 25.1 Å². The van der Waals surface area contributed by atoms with Crippen LogP contribution in [0.2, 0.25) is 0 Å². The van der Waals surface area contributed by atoms with Crippen LogP contribution in [0.4, 0.5) is 5.95 Å². The molecule has 0 unspecified atom stereocenters. The van der Waals surface area contributed by atoms with Gasteiger partial charge in [0.25, 0.3) is 0 Å². The fourth-order valence-electron chi connectivity index (χ4n) is 2.29. The molecule has 6 heteroatoms. The van der Waals surface area contributed by atoms with Crippen molar-refractivity contribution < 1.29 is 5.11 Å². The van der Waals surface area contributed by atoms with Crippen LogP contribution in [0.25, 0.3) is 0 Å². The molecule has 0 saturated carbocycles. The maximum atomic E-state index is 9.54. The van der Waals surface area contributed by atoms with Crippen LogP contribution in [-0.4, -0.2) is 37.5 Å². The normalized spacial score (nSPS) is 19.4. The molecule has 18 heavy (non-hydrogen) atoms. The van der Waals surface area contributed by atoms with E-state index in [-0.39, 0.29) is 12.6 Å². The molecule has 94 valence electrons. The van der Waals surface area contributed by atoms with Crippen molar-refractivity contribution in [2.24, 2.45) is 0 Å². The average molecular weight is 245 g/mol. The first kappa shape index (κ1) is 11.2. The highest BCUT2D eigenvalue weighted by molar-refractivity contribution is 5.32. The molecule has 0 radical (unpaired) electrons. The highest BCUT2D eigenvalue weighted by Gasteiger charge is 2.25. The number of anilines is 1. The van der Waals surface area contributed by atoms with E-state index in [0.29, 0.717) is 12.5 Å². The number of hydrogen-bond donors (Lipinski definition) is 1. The second kappa shape index (κ2) is 4.73. The maximum Gasteiger partial charge on any atom is 0.225 e. The molecular weight excluding hydrogens is 230 g/mol. The van der Waals surface area contributed by atoms with Gasteiger partial charge in [0.2, 0.25) is 5.95 Å². The third-order valence-electron chi connectivity index (χ3n) is 3.27. The number of aromatic nitrogens is 4. The molecule has 1 N–H and O–H groups in total. The molecule has 2 aromatic rings. The summed E-state index contributed by atoms with van der Waals surface area (Å²) in [6, 6.07) is 3.82. The Morgan fingerprint density at radius 2 is 2.11 bits per heavy atom. The van der Waals surface area contributed by atoms with Crippen LogP contribution in [0.5, 0.6) is 0 Å². The molecular formula is C12H15N5O. The van der Waals surface area contributed by atoms with E-state index >= 15 is 0 Å². The van der Waals surface area contributed by atoms with Crippen LogP contribution in [0.3, 0.4) is 0 Å². The number of rotatable bonds is 2. The van der Waals surface area contributed by atoms with Gasteiger partial charge in [-0.05, 0) is 18.6 Å². The van der Waals surface area contributed by atoms with Crippen molar-refractivity contribution in [2.75, 3.05) is 11.5 Å². The number of fused-ring (bicyclic) bond motifs is 1. The van der Waals surface area contributed by atoms with E-state index in [1.165, 1.54) is 0 Å². The Kier molecular flexibility index (Phi) is 2.93. The quantitative estimate of drug-likeness (QED) is 0.831. The van der Waals surface area contributed by atoms with E-state index < -0.39 is 0 Å². The Morgan fingerprint density at radius 3 is 2.89 bits per heavy atom. The van der Waals surface area contributed by atoms with Gasteiger partial charge in [-0.2, -0.15) is 5.10 Å². The summed E-state index contributed by atoms with van der Waals surface area (Å²) in [6.45, 7) is 1.59. The molecule has 0 saturated heterocycles. The minimum atomic E-state index is 0.0362. The van der Waals surface area contributed by atoms with Gasteiger partial charge in [-0.3, -0.25) is 4.68 Å². The summed E-state index contributed by atoms with van der Waals surface area (Å²) in [6.07, 6.45) is 6.08. The topological polar surface area (TPSA) is 67.1 Å². The van der Waals surface area contributed by atoms with Crippen molar-refractivity contribution in [1.82, 2.24) is 19.7 Å². The number of nitrogens with zero attached hydrogens (tertiary/aromatic N) is 5. The minimum absolute atomic E-state index is 0.0362. The second-order valence-corrected chi connectivity index (χ2v) is 4.35. The molecule has 0 aromatic carbocycles. The standard InChI is InChI=1S/C12H15N5O/c18-9-11-3-7-17-10(2-6-15-17)8-16(11)12-13-4-1-5-14-12/h1-2,4-6,11,18H,3,7-9H2/t11-/m1/s1. The number of aryl methyl sites for hydroxylation is 1. The van der Waals surface area contributed by atoms with Gasteiger partial charge in [0.05, 0.1) is 24.9 Å². The first-order valence-electron chi connectivity index (χ1n) is 6.03. The second-order valence-electron chi connectivity index (χ2n) is 4.35. The van der Waals surface area contributed by atoms with E-state index in [0.717, 1.165) is 18.7 Å². The van der Waals surface area contributed by atoms with Gasteiger partial charge >= 0.3 is 0 Å². The van der Waals surface area contributed by atoms with Gasteiger partial charge in [0.15, 0.2) is 0 Å². The number of hydrogen-bond acceptors (Lipinski definition) is 5. The molecule has 0 spiro atoms. The van der Waals surface area contributed by atoms with Gasteiger partial charge in [-0.25, -0.2) is 9.97 Å². The molecule has 2 aromatic heterocycles. The summed E-state index contributed by atoms with van der Waals surface area (Å²) in [5.41, 5.74) is 1.12. The monoisotopic (exact) mass is 245 g/mol. The fourth-order valence-corrected chi connectivity index (χ4v) is 2.29. The third-order valence-corrected chi connectivity index (χ3v) is 3.27. The number of aliphatic hydroxyl groups excluding tert-OH is 1. The average Bonchev–Trinajstić information content (AvgIpc) is 2.79. The molecule has 0 fully saturated rings. The van der Waals surface area contributed by atoms with E-state index in [1.807, 2.05) is 15.6 Å². The van der Waals surface area contributed by atoms with Crippen molar-refractivity contribution in [3.05, 3.63) is 36.4 Å². The van der Waals surface area contributed by atoms with Crippen molar-refractivity contribution in [3.8, 4) is 0 Å². The smallest absolute Gasteiger partial charge is 0.225 e. The third kappa shape index (κ3) is 1.95. The summed E-state index contributed by atoms with van der Waals surface area (Å²) < 4.78 is 1.98. The Hall–Kier alpha value is -1.95. The summed E-state index contributed by atoms with van der Waals surface area (Å²) in [5.74, 6) is 0.659. The van der Waals surface area contributed by atoms with E-state index in [9.17, 15) is 5.11 Å². The van der Waals surface area contributed by atoms with Crippen molar-refractivity contribution in [1.29, 1.82) is 0 Å². The molecule has 3 heterocycles. The lowest BCUT2D eigenvalue weighted by molar-refractivity contribution is 0.250. The van der Waals surface area contributed by atoms with E-state index in [2.05, 4.69) is 15.1 Å². The molecule has 6 nitrogen and oxygen atoms in total. The highest BCUT2D eigenvalue weighted by atomic mass is 16.3. The molecule has 1 aliphatic rings. The zero-order valence-corrected chi connectivity index (χ0v) is 9.98. The largest absolute Gasteiger partial charge is 0.394 e. The maximum absolute atomic E-state index is 9.54. The molecule has 1 aliphatic heterocycles. The van der Waals surface area contributed by atoms with Crippen LogP contribution in [0.1, 0.15) is 12.1 Å². The first-order valence-corrected chi connectivity index (χ1v) is 6.03. The molecule has 1 atom stereocenters. The summed E-state index contributed by atoms with van der Waals surface area (Å²) >= 11 is 0. The van der Waals surface area contributed by atoms with Gasteiger partial charge in [-0.15, -0.1) is 0 Å². The van der Waals surface area contributed by atoms with E-state index in [4.69, 9.17) is 0 Å². The Labute approximate surface area is 105 Å². The molecule has 0 bridgehead atoms. The van der Waals surface area contributed by atoms with Crippen LogP contribution in [0.15, 0.2) is 30.7 Å². The first-order chi connectivity index (χ1) is 8.88. The zero-order chi connectivity index (χ0) is 12.4. The lowest BCUT2D eigenvalue weighted by Gasteiger charge is -2.27. The Balaban J connectivity index is 1.95. The fraction of sp³-hybridized carbons (Fsp3) is 0.417. The molecule has 0 aliphatic carbocycles. The van der Waals surface area contributed by atoms with Crippen LogP contribution in [-0.2, 0) is 13.1 Å². The van der Waals surface area contributed by atoms with E-state index in [1.54, 1.807) is 24.7 Å². The summed E-state index contributed by atoms with van der Waals surface area (Å²) in [5, 5.41) is 13.8. The van der Waals surface area contributed by atoms with Crippen LogP contribution < -0.4 is 4.90 Å². The highest BCUT2D eigenvalue weighted by Crippen LogP contribution is 2.20. The van der Waals surface area contributed by atoms with Gasteiger partial charge < -0.3 is 10.0 Å². The number of aliphatic hydroxyl groups is 1. The Morgan fingerprint density at radius 1 is 1.28 bits per heavy atom. The summed E-state index contributed by atoms with van der Waals surface area (Å²) in [4.78, 5) is 10.6. The zero-order valence-electron chi connectivity index (χ0n) is 9.98. The lowest BCUT2D eigenvalue weighted by atomic mass is 10.2.